The lowest BCUT2D eigenvalue weighted by Gasteiger charge is -2.21. The molecule has 1 heterocycles. The van der Waals surface area contributed by atoms with Gasteiger partial charge in [-0.1, -0.05) is 25.5 Å². The predicted octanol–water partition coefficient (Wildman–Crippen LogP) is 1.70. The zero-order valence-corrected chi connectivity index (χ0v) is 10.5. The van der Waals surface area contributed by atoms with E-state index in [9.17, 15) is 0 Å². The van der Waals surface area contributed by atoms with Crippen molar-refractivity contribution in [3.8, 4) is 0 Å². The summed E-state index contributed by atoms with van der Waals surface area (Å²) in [6.45, 7) is 5.53. The molecule has 90 valence electrons. The Morgan fingerprint density at radius 2 is 2.31 bits per heavy atom. The van der Waals surface area contributed by atoms with Gasteiger partial charge in [0.1, 0.15) is 0 Å². The van der Waals surface area contributed by atoms with Crippen molar-refractivity contribution >= 4 is 0 Å². The highest BCUT2D eigenvalue weighted by Gasteiger charge is 2.30. The summed E-state index contributed by atoms with van der Waals surface area (Å²) in [4.78, 5) is 0. The number of rotatable bonds is 4. The van der Waals surface area contributed by atoms with E-state index in [2.05, 4.69) is 29.5 Å². The minimum atomic E-state index is 0.575. The van der Waals surface area contributed by atoms with Crippen LogP contribution in [0.5, 0.6) is 0 Å². The van der Waals surface area contributed by atoms with E-state index in [0.29, 0.717) is 12.0 Å². The number of aryl methyl sites for hydroxylation is 1. The lowest BCUT2D eigenvalue weighted by atomic mass is 9.93. The van der Waals surface area contributed by atoms with Gasteiger partial charge in [0.25, 0.3) is 0 Å². The maximum absolute atomic E-state index is 4.04. The molecular formula is C12H22N4. The van der Waals surface area contributed by atoms with Gasteiger partial charge < -0.3 is 5.32 Å². The lowest BCUT2D eigenvalue weighted by Crippen LogP contribution is -2.30. The van der Waals surface area contributed by atoms with Crippen LogP contribution in [-0.4, -0.2) is 27.6 Å². The van der Waals surface area contributed by atoms with Crippen molar-refractivity contribution in [3.05, 3.63) is 11.9 Å². The summed E-state index contributed by atoms with van der Waals surface area (Å²) in [6, 6.07) is 0.575. The van der Waals surface area contributed by atoms with Crippen LogP contribution >= 0.6 is 0 Å². The molecule has 2 unspecified atom stereocenters. The molecule has 2 atom stereocenters. The molecule has 0 radical (unpaired) electrons. The van der Waals surface area contributed by atoms with Gasteiger partial charge in [-0.2, -0.15) is 0 Å². The number of nitrogens with one attached hydrogen (secondary N) is 1. The molecule has 0 spiro atoms. The van der Waals surface area contributed by atoms with Crippen LogP contribution in [0.1, 0.15) is 44.7 Å². The Hall–Kier alpha value is -0.900. The third-order valence-electron chi connectivity index (χ3n) is 3.58. The Morgan fingerprint density at radius 3 is 2.94 bits per heavy atom. The van der Waals surface area contributed by atoms with E-state index < -0.39 is 0 Å². The van der Waals surface area contributed by atoms with Crippen LogP contribution in [0.3, 0.4) is 0 Å². The van der Waals surface area contributed by atoms with Crippen molar-refractivity contribution in [2.24, 2.45) is 13.0 Å². The minimum Gasteiger partial charge on any atom is -0.314 e. The number of hydrogen-bond acceptors (Lipinski definition) is 3. The highest BCUT2D eigenvalue weighted by molar-refractivity contribution is 5.08. The molecule has 1 fully saturated rings. The highest BCUT2D eigenvalue weighted by Crippen LogP contribution is 2.38. The summed E-state index contributed by atoms with van der Waals surface area (Å²) in [6.07, 6.45) is 5.87. The number of hydrogen-bond donors (Lipinski definition) is 1. The maximum Gasteiger partial charge on any atom is 0.0728 e. The molecule has 1 aliphatic rings. The molecule has 1 N–H and O–H groups in total. The van der Waals surface area contributed by atoms with E-state index in [4.69, 9.17) is 0 Å². The maximum atomic E-state index is 4.04. The molecule has 2 rings (SSSR count). The van der Waals surface area contributed by atoms with Crippen LogP contribution in [0, 0.1) is 5.92 Å². The first-order chi connectivity index (χ1) is 7.68. The second-order valence-corrected chi connectivity index (χ2v) is 5.14. The van der Waals surface area contributed by atoms with Crippen LogP contribution in [0.25, 0.3) is 0 Å². The summed E-state index contributed by atoms with van der Waals surface area (Å²) in [7, 11) is 1.99. The second kappa shape index (κ2) is 4.95. The first-order valence-corrected chi connectivity index (χ1v) is 6.26. The smallest absolute Gasteiger partial charge is 0.0728 e. The molecule has 16 heavy (non-hydrogen) atoms. The normalized spacial score (nSPS) is 25.5. The molecule has 1 aliphatic carbocycles. The monoisotopic (exact) mass is 222 g/mol. The Balaban J connectivity index is 2.01. The van der Waals surface area contributed by atoms with E-state index >= 15 is 0 Å². The second-order valence-electron chi connectivity index (χ2n) is 5.14. The van der Waals surface area contributed by atoms with Gasteiger partial charge in [0.05, 0.1) is 11.9 Å². The minimum absolute atomic E-state index is 0.575. The first kappa shape index (κ1) is 11.6. The standard InChI is InChI=1S/C12H22N4/c1-9(2)13-7-10-5-4-6-11(10)12-8-14-15-16(12)3/h8-11,13H,4-7H2,1-3H3. The first-order valence-electron chi connectivity index (χ1n) is 6.26. The van der Waals surface area contributed by atoms with Crippen LogP contribution < -0.4 is 5.32 Å². The molecule has 1 aromatic heterocycles. The molecule has 0 aliphatic heterocycles. The average molecular weight is 222 g/mol. The fraction of sp³-hybridized carbons (Fsp3) is 0.833. The van der Waals surface area contributed by atoms with Crippen LogP contribution in [0.2, 0.25) is 0 Å². The van der Waals surface area contributed by atoms with Gasteiger partial charge in [0.2, 0.25) is 0 Å². The van der Waals surface area contributed by atoms with Gasteiger partial charge in [0.15, 0.2) is 0 Å². The van der Waals surface area contributed by atoms with Crippen molar-refractivity contribution in [1.29, 1.82) is 0 Å². The molecule has 1 aromatic rings. The van der Waals surface area contributed by atoms with Crippen molar-refractivity contribution in [2.75, 3.05) is 6.54 Å². The SMILES string of the molecule is CC(C)NCC1CCCC1c1cnnn1C. The van der Waals surface area contributed by atoms with Crippen molar-refractivity contribution in [2.45, 2.75) is 45.1 Å². The molecule has 1 saturated carbocycles. The zero-order chi connectivity index (χ0) is 11.5. The van der Waals surface area contributed by atoms with E-state index in [1.807, 2.05) is 17.9 Å². The van der Waals surface area contributed by atoms with E-state index in [-0.39, 0.29) is 0 Å². The fourth-order valence-corrected chi connectivity index (χ4v) is 2.69. The van der Waals surface area contributed by atoms with E-state index in [1.54, 1.807) is 0 Å². The molecular weight excluding hydrogens is 200 g/mol. The number of nitrogens with zero attached hydrogens (tertiary/aromatic N) is 3. The van der Waals surface area contributed by atoms with E-state index in [0.717, 1.165) is 12.5 Å². The van der Waals surface area contributed by atoms with Crippen LogP contribution in [0.15, 0.2) is 6.20 Å². The van der Waals surface area contributed by atoms with Crippen molar-refractivity contribution in [1.82, 2.24) is 20.3 Å². The molecule has 0 amide bonds. The summed E-state index contributed by atoms with van der Waals surface area (Å²) in [5.74, 6) is 1.39. The van der Waals surface area contributed by atoms with Crippen molar-refractivity contribution in [3.63, 3.8) is 0 Å². The molecule has 0 saturated heterocycles. The van der Waals surface area contributed by atoms with Gasteiger partial charge in [-0.15, -0.1) is 5.10 Å². The third-order valence-corrected chi connectivity index (χ3v) is 3.58. The van der Waals surface area contributed by atoms with Gasteiger partial charge >= 0.3 is 0 Å². The van der Waals surface area contributed by atoms with Crippen LogP contribution in [-0.2, 0) is 7.05 Å². The molecule has 0 bridgehead atoms. The van der Waals surface area contributed by atoms with Gasteiger partial charge in [-0.05, 0) is 25.3 Å². The quantitative estimate of drug-likeness (QED) is 0.843. The Bertz CT molecular complexity index is 332. The third kappa shape index (κ3) is 2.43. The average Bonchev–Trinajstić information content (AvgIpc) is 2.82. The van der Waals surface area contributed by atoms with Crippen molar-refractivity contribution < 1.29 is 0 Å². The van der Waals surface area contributed by atoms with E-state index in [1.165, 1.54) is 25.0 Å². The Morgan fingerprint density at radius 1 is 1.50 bits per heavy atom. The highest BCUT2D eigenvalue weighted by atomic mass is 15.4. The molecule has 0 aromatic carbocycles. The largest absolute Gasteiger partial charge is 0.314 e. The summed E-state index contributed by atoms with van der Waals surface area (Å²) >= 11 is 0. The van der Waals surface area contributed by atoms with Crippen LogP contribution in [0.4, 0.5) is 0 Å². The number of aromatic nitrogens is 3. The summed E-state index contributed by atoms with van der Waals surface area (Å²) in [5, 5.41) is 11.6. The van der Waals surface area contributed by atoms with Gasteiger partial charge in [0, 0.05) is 19.0 Å². The van der Waals surface area contributed by atoms with Gasteiger partial charge in [-0.25, -0.2) is 0 Å². The Labute approximate surface area is 97.4 Å². The molecule has 4 nitrogen and oxygen atoms in total. The zero-order valence-electron chi connectivity index (χ0n) is 10.5. The fourth-order valence-electron chi connectivity index (χ4n) is 2.69. The summed E-state index contributed by atoms with van der Waals surface area (Å²) in [5.41, 5.74) is 1.30. The molecule has 4 heteroatoms. The predicted molar refractivity (Wildman–Crippen MR) is 64.2 cm³/mol. The Kier molecular flexibility index (Phi) is 3.59. The lowest BCUT2D eigenvalue weighted by molar-refractivity contribution is 0.409. The summed E-state index contributed by atoms with van der Waals surface area (Å²) < 4.78 is 1.93. The van der Waals surface area contributed by atoms with Gasteiger partial charge in [-0.3, -0.25) is 4.68 Å². The topological polar surface area (TPSA) is 42.7 Å².